The van der Waals surface area contributed by atoms with Crippen LogP contribution in [0.4, 0.5) is 0 Å². The molecule has 3 rings (SSSR count). The number of nitrogens with zero attached hydrogens (tertiary/aromatic N) is 2. The van der Waals surface area contributed by atoms with Crippen molar-refractivity contribution in [3.63, 3.8) is 0 Å². The van der Waals surface area contributed by atoms with Gasteiger partial charge in [0, 0.05) is 18.8 Å². The Bertz CT molecular complexity index is 420. The van der Waals surface area contributed by atoms with E-state index in [4.69, 9.17) is 5.10 Å². The fourth-order valence-corrected chi connectivity index (χ4v) is 4.19. The number of rotatable bonds is 5. The van der Waals surface area contributed by atoms with Gasteiger partial charge in [-0.3, -0.25) is 4.68 Å². The topological polar surface area (TPSA) is 29.9 Å². The van der Waals surface area contributed by atoms with Gasteiger partial charge in [0.1, 0.15) is 0 Å². The molecule has 0 bridgehead atoms. The Morgan fingerprint density at radius 1 is 1.25 bits per heavy atom. The van der Waals surface area contributed by atoms with Crippen LogP contribution in [0.2, 0.25) is 0 Å². The molecular formula is C17H29N3. The summed E-state index contributed by atoms with van der Waals surface area (Å²) in [6.07, 6.45) is 11.6. The molecule has 0 saturated heterocycles. The van der Waals surface area contributed by atoms with Crippen LogP contribution in [-0.2, 0) is 6.54 Å². The zero-order chi connectivity index (χ0) is 13.9. The van der Waals surface area contributed by atoms with Crippen LogP contribution in [0, 0.1) is 11.8 Å². The van der Waals surface area contributed by atoms with E-state index in [-0.39, 0.29) is 0 Å². The van der Waals surface area contributed by atoms with Crippen molar-refractivity contribution in [3.05, 3.63) is 18.0 Å². The van der Waals surface area contributed by atoms with Gasteiger partial charge in [0.25, 0.3) is 0 Å². The summed E-state index contributed by atoms with van der Waals surface area (Å²) in [5.74, 6) is 1.74. The molecule has 112 valence electrons. The molecule has 2 aliphatic rings. The van der Waals surface area contributed by atoms with Crippen molar-refractivity contribution >= 4 is 0 Å². The van der Waals surface area contributed by atoms with Gasteiger partial charge >= 0.3 is 0 Å². The molecule has 0 aromatic carbocycles. The lowest BCUT2D eigenvalue weighted by atomic mass is 9.93. The molecule has 20 heavy (non-hydrogen) atoms. The molecular weight excluding hydrogens is 246 g/mol. The molecule has 3 heteroatoms. The first-order valence-corrected chi connectivity index (χ1v) is 8.55. The van der Waals surface area contributed by atoms with Crippen LogP contribution >= 0.6 is 0 Å². The van der Waals surface area contributed by atoms with Gasteiger partial charge < -0.3 is 5.32 Å². The lowest BCUT2D eigenvalue weighted by Crippen LogP contribution is -2.32. The van der Waals surface area contributed by atoms with Gasteiger partial charge in [-0.25, -0.2) is 0 Å². The normalized spacial score (nSPS) is 31.2. The van der Waals surface area contributed by atoms with Gasteiger partial charge in [-0.1, -0.05) is 33.1 Å². The van der Waals surface area contributed by atoms with E-state index in [2.05, 4.69) is 36.1 Å². The summed E-state index contributed by atoms with van der Waals surface area (Å²) in [5, 5.41) is 8.51. The van der Waals surface area contributed by atoms with E-state index in [1.54, 1.807) is 0 Å². The first-order valence-electron chi connectivity index (χ1n) is 8.55. The minimum Gasteiger partial charge on any atom is -0.308 e. The maximum absolute atomic E-state index is 4.77. The Morgan fingerprint density at radius 2 is 2.05 bits per heavy atom. The largest absolute Gasteiger partial charge is 0.308 e. The highest BCUT2D eigenvalue weighted by molar-refractivity contribution is 5.01. The third kappa shape index (κ3) is 2.93. The van der Waals surface area contributed by atoms with Crippen LogP contribution in [-0.4, -0.2) is 15.8 Å². The maximum atomic E-state index is 4.77. The average Bonchev–Trinajstić information content (AvgIpc) is 3.17. The molecule has 0 amide bonds. The smallest absolute Gasteiger partial charge is 0.0762 e. The van der Waals surface area contributed by atoms with Crippen LogP contribution < -0.4 is 5.32 Å². The highest BCUT2D eigenvalue weighted by atomic mass is 15.3. The van der Waals surface area contributed by atoms with Crippen molar-refractivity contribution in [1.29, 1.82) is 0 Å². The van der Waals surface area contributed by atoms with E-state index >= 15 is 0 Å². The second kappa shape index (κ2) is 6.30. The Kier molecular flexibility index (Phi) is 4.45. The molecule has 0 spiro atoms. The molecule has 0 aliphatic heterocycles. The monoisotopic (exact) mass is 275 g/mol. The highest BCUT2D eigenvalue weighted by Gasteiger charge is 2.31. The fourth-order valence-electron chi connectivity index (χ4n) is 4.19. The van der Waals surface area contributed by atoms with Crippen LogP contribution in [0.25, 0.3) is 0 Å². The van der Waals surface area contributed by atoms with E-state index in [1.165, 1.54) is 50.6 Å². The summed E-state index contributed by atoms with van der Waals surface area (Å²) in [6.45, 7) is 5.67. The van der Waals surface area contributed by atoms with Crippen molar-refractivity contribution in [2.24, 2.45) is 11.8 Å². The third-order valence-corrected chi connectivity index (χ3v) is 5.66. The van der Waals surface area contributed by atoms with Crippen molar-refractivity contribution in [2.45, 2.75) is 77.4 Å². The maximum Gasteiger partial charge on any atom is 0.0762 e. The predicted octanol–water partition coefficient (Wildman–Crippen LogP) is 3.91. The zero-order valence-electron chi connectivity index (χ0n) is 13.0. The molecule has 1 heterocycles. The van der Waals surface area contributed by atoms with Gasteiger partial charge in [-0.05, 0) is 43.6 Å². The van der Waals surface area contributed by atoms with E-state index < -0.39 is 0 Å². The average molecular weight is 275 g/mol. The molecule has 3 unspecified atom stereocenters. The van der Waals surface area contributed by atoms with Crippen molar-refractivity contribution in [2.75, 3.05) is 0 Å². The first kappa shape index (κ1) is 14.1. The van der Waals surface area contributed by atoms with Gasteiger partial charge in [0.05, 0.1) is 11.7 Å². The molecule has 2 saturated carbocycles. The van der Waals surface area contributed by atoms with Gasteiger partial charge in [0.15, 0.2) is 0 Å². The standard InChI is InChI=1S/C17H29N3/c1-3-14-8-9-17(13(14)2)18-12-15-10-11-20(19-15)16-6-4-5-7-16/h10-11,13-14,16-18H,3-9,12H2,1-2H3. The first-order chi connectivity index (χ1) is 9.78. The molecule has 3 atom stereocenters. The lowest BCUT2D eigenvalue weighted by Gasteiger charge is -2.20. The van der Waals surface area contributed by atoms with Crippen LogP contribution in [0.5, 0.6) is 0 Å². The Morgan fingerprint density at radius 3 is 2.75 bits per heavy atom. The summed E-state index contributed by atoms with van der Waals surface area (Å²) < 4.78 is 2.21. The van der Waals surface area contributed by atoms with Crippen molar-refractivity contribution in [1.82, 2.24) is 15.1 Å². The fraction of sp³-hybridized carbons (Fsp3) is 0.824. The Labute approximate surface area is 123 Å². The Hall–Kier alpha value is -0.830. The SMILES string of the molecule is CCC1CCC(NCc2ccn(C3CCCC3)n2)C1C. The van der Waals surface area contributed by atoms with Crippen molar-refractivity contribution in [3.8, 4) is 0 Å². The molecule has 1 aromatic heterocycles. The van der Waals surface area contributed by atoms with E-state index in [9.17, 15) is 0 Å². The predicted molar refractivity (Wildman–Crippen MR) is 82.5 cm³/mol. The van der Waals surface area contributed by atoms with Gasteiger partial charge in [0.2, 0.25) is 0 Å². The van der Waals surface area contributed by atoms with Crippen LogP contribution in [0.1, 0.15) is 70.5 Å². The summed E-state index contributed by atoms with van der Waals surface area (Å²) in [6, 6.07) is 3.55. The summed E-state index contributed by atoms with van der Waals surface area (Å²) in [5.41, 5.74) is 1.21. The molecule has 1 N–H and O–H groups in total. The van der Waals surface area contributed by atoms with E-state index in [0.717, 1.165) is 18.4 Å². The number of nitrogens with one attached hydrogen (secondary N) is 1. The van der Waals surface area contributed by atoms with Crippen LogP contribution in [0.3, 0.4) is 0 Å². The summed E-state index contributed by atoms with van der Waals surface area (Å²) >= 11 is 0. The summed E-state index contributed by atoms with van der Waals surface area (Å²) in [4.78, 5) is 0. The number of hydrogen-bond donors (Lipinski definition) is 1. The molecule has 1 aromatic rings. The minimum absolute atomic E-state index is 0.665. The second-order valence-electron chi connectivity index (χ2n) is 6.82. The van der Waals surface area contributed by atoms with Gasteiger partial charge in [-0.15, -0.1) is 0 Å². The minimum atomic E-state index is 0.665. The third-order valence-electron chi connectivity index (χ3n) is 5.66. The van der Waals surface area contributed by atoms with Crippen molar-refractivity contribution < 1.29 is 0 Å². The lowest BCUT2D eigenvalue weighted by molar-refractivity contribution is 0.342. The molecule has 2 aliphatic carbocycles. The quantitative estimate of drug-likeness (QED) is 0.883. The molecule has 3 nitrogen and oxygen atoms in total. The van der Waals surface area contributed by atoms with E-state index in [0.29, 0.717) is 12.1 Å². The Balaban J connectivity index is 1.51. The highest BCUT2D eigenvalue weighted by Crippen LogP contribution is 2.34. The van der Waals surface area contributed by atoms with Crippen LogP contribution in [0.15, 0.2) is 12.3 Å². The summed E-state index contributed by atoms with van der Waals surface area (Å²) in [7, 11) is 0. The second-order valence-corrected chi connectivity index (χ2v) is 6.82. The number of hydrogen-bond acceptors (Lipinski definition) is 2. The van der Waals surface area contributed by atoms with E-state index in [1.807, 2.05) is 0 Å². The zero-order valence-corrected chi connectivity index (χ0v) is 13.0. The van der Waals surface area contributed by atoms with Gasteiger partial charge in [-0.2, -0.15) is 5.10 Å². The number of aromatic nitrogens is 2. The molecule has 0 radical (unpaired) electrons. The molecule has 2 fully saturated rings.